The average molecular weight is 301 g/mol. The Kier molecular flexibility index (Phi) is 4.05. The van der Waals surface area contributed by atoms with E-state index in [9.17, 15) is 0 Å². The molecule has 0 saturated heterocycles. The molecule has 3 rings (SSSR count). The molecule has 0 radical (unpaired) electrons. The summed E-state index contributed by atoms with van der Waals surface area (Å²) in [7, 11) is 0. The molecule has 112 valence electrons. The maximum Gasteiger partial charge on any atom is 0.123 e. The second-order valence-electron chi connectivity index (χ2n) is 6.33. The van der Waals surface area contributed by atoms with Gasteiger partial charge in [0.1, 0.15) is 5.75 Å². The van der Waals surface area contributed by atoms with Crippen LogP contribution in [0.3, 0.4) is 0 Å². The summed E-state index contributed by atoms with van der Waals surface area (Å²) in [5.74, 6) is 1.05. The van der Waals surface area contributed by atoms with Crippen molar-refractivity contribution in [2.24, 2.45) is 0 Å². The first-order chi connectivity index (χ1) is 10.1. The number of benzene rings is 1. The van der Waals surface area contributed by atoms with Gasteiger partial charge in [-0.3, -0.25) is 0 Å². The molecule has 3 heteroatoms. The Morgan fingerprint density at radius 1 is 1.33 bits per heavy atom. The van der Waals surface area contributed by atoms with Gasteiger partial charge in [-0.25, -0.2) is 0 Å². The van der Waals surface area contributed by atoms with Crippen molar-refractivity contribution in [3.05, 3.63) is 51.7 Å². The van der Waals surface area contributed by atoms with Crippen molar-refractivity contribution in [2.45, 2.75) is 38.6 Å². The van der Waals surface area contributed by atoms with E-state index in [1.54, 1.807) is 0 Å². The standard InChI is InChI=1S/C18H23NOS/c1-4-9-19-17(16-6-5-10-21-16)13-7-8-15-14(11-13)18(2,3)12-20-15/h5-8,10-11,17,19H,4,9,12H2,1-3H3. The number of thiophene rings is 1. The van der Waals surface area contributed by atoms with Crippen LogP contribution in [0.1, 0.15) is 49.2 Å². The Morgan fingerprint density at radius 3 is 2.90 bits per heavy atom. The van der Waals surface area contributed by atoms with E-state index in [2.05, 4.69) is 61.8 Å². The first-order valence-corrected chi connectivity index (χ1v) is 8.54. The number of hydrogen-bond donors (Lipinski definition) is 1. The minimum absolute atomic E-state index is 0.107. The van der Waals surface area contributed by atoms with Crippen molar-refractivity contribution in [3.63, 3.8) is 0 Å². The van der Waals surface area contributed by atoms with E-state index in [0.717, 1.165) is 25.3 Å². The Balaban J connectivity index is 1.97. The highest BCUT2D eigenvalue weighted by Gasteiger charge is 2.32. The van der Waals surface area contributed by atoms with E-state index in [0.29, 0.717) is 0 Å². The van der Waals surface area contributed by atoms with Gasteiger partial charge in [-0.1, -0.05) is 32.9 Å². The average Bonchev–Trinajstić information content (AvgIpc) is 3.09. The Bertz CT molecular complexity index is 604. The van der Waals surface area contributed by atoms with Gasteiger partial charge in [-0.2, -0.15) is 0 Å². The normalized spacial score (nSPS) is 17.3. The highest BCUT2D eigenvalue weighted by atomic mass is 32.1. The van der Waals surface area contributed by atoms with Gasteiger partial charge in [0.2, 0.25) is 0 Å². The SMILES string of the molecule is CCCNC(c1ccc2c(c1)C(C)(C)CO2)c1cccs1. The van der Waals surface area contributed by atoms with Crippen LogP contribution in [0.25, 0.3) is 0 Å². The molecule has 1 aliphatic heterocycles. The van der Waals surface area contributed by atoms with Crippen molar-refractivity contribution >= 4 is 11.3 Å². The molecule has 2 nitrogen and oxygen atoms in total. The van der Waals surface area contributed by atoms with Gasteiger partial charge in [0.15, 0.2) is 0 Å². The lowest BCUT2D eigenvalue weighted by atomic mass is 9.85. The van der Waals surface area contributed by atoms with Crippen molar-refractivity contribution in [1.82, 2.24) is 5.32 Å². The van der Waals surface area contributed by atoms with Crippen LogP contribution >= 0.6 is 11.3 Å². The van der Waals surface area contributed by atoms with E-state index >= 15 is 0 Å². The molecule has 2 aromatic rings. The van der Waals surface area contributed by atoms with Gasteiger partial charge in [0.25, 0.3) is 0 Å². The second kappa shape index (κ2) is 5.82. The molecule has 0 spiro atoms. The molecule has 1 aromatic carbocycles. The van der Waals surface area contributed by atoms with Crippen LogP contribution in [0.15, 0.2) is 35.7 Å². The summed E-state index contributed by atoms with van der Waals surface area (Å²) in [6.07, 6.45) is 1.14. The second-order valence-corrected chi connectivity index (χ2v) is 7.31. The molecule has 21 heavy (non-hydrogen) atoms. The number of hydrogen-bond acceptors (Lipinski definition) is 3. The van der Waals surface area contributed by atoms with E-state index < -0.39 is 0 Å². The molecule has 1 aromatic heterocycles. The molecule has 1 N–H and O–H groups in total. The highest BCUT2D eigenvalue weighted by molar-refractivity contribution is 7.10. The van der Waals surface area contributed by atoms with E-state index in [4.69, 9.17) is 4.74 Å². The van der Waals surface area contributed by atoms with Crippen molar-refractivity contribution in [1.29, 1.82) is 0 Å². The van der Waals surface area contributed by atoms with Gasteiger partial charge in [0.05, 0.1) is 12.6 Å². The summed E-state index contributed by atoms with van der Waals surface area (Å²) in [6, 6.07) is 11.3. The fourth-order valence-corrected chi connectivity index (χ4v) is 3.67. The number of rotatable bonds is 5. The lowest BCUT2D eigenvalue weighted by molar-refractivity contribution is 0.291. The summed E-state index contributed by atoms with van der Waals surface area (Å²) in [5.41, 5.74) is 2.78. The Labute approximate surface area is 131 Å². The minimum Gasteiger partial charge on any atom is -0.492 e. The van der Waals surface area contributed by atoms with Gasteiger partial charge in [-0.05, 0) is 42.1 Å². The third-order valence-corrected chi connectivity index (χ3v) is 5.02. The molecule has 0 aliphatic carbocycles. The summed E-state index contributed by atoms with van der Waals surface area (Å²) in [5, 5.41) is 5.83. The lowest BCUT2D eigenvalue weighted by Crippen LogP contribution is -2.23. The summed E-state index contributed by atoms with van der Waals surface area (Å²) in [4.78, 5) is 1.38. The zero-order valence-electron chi connectivity index (χ0n) is 13.0. The third kappa shape index (κ3) is 2.85. The van der Waals surface area contributed by atoms with Crippen molar-refractivity contribution in [2.75, 3.05) is 13.2 Å². The van der Waals surface area contributed by atoms with Crippen LogP contribution in [0.5, 0.6) is 5.75 Å². The predicted octanol–water partition coefficient (Wildman–Crippen LogP) is 4.51. The van der Waals surface area contributed by atoms with Gasteiger partial charge in [-0.15, -0.1) is 11.3 Å². The number of fused-ring (bicyclic) bond motifs is 1. The molecule has 1 aliphatic rings. The molecular weight excluding hydrogens is 278 g/mol. The quantitative estimate of drug-likeness (QED) is 0.877. The topological polar surface area (TPSA) is 21.3 Å². The molecule has 0 saturated carbocycles. The maximum absolute atomic E-state index is 5.80. The molecule has 2 heterocycles. The van der Waals surface area contributed by atoms with Crippen LogP contribution in [0, 0.1) is 0 Å². The van der Waals surface area contributed by atoms with Crippen LogP contribution in [-0.4, -0.2) is 13.2 Å². The molecule has 0 amide bonds. The number of nitrogens with one attached hydrogen (secondary N) is 1. The third-order valence-electron chi connectivity index (χ3n) is 4.08. The van der Waals surface area contributed by atoms with Crippen molar-refractivity contribution < 1.29 is 4.74 Å². The molecular formula is C18H23NOS. The van der Waals surface area contributed by atoms with E-state index in [-0.39, 0.29) is 11.5 Å². The van der Waals surface area contributed by atoms with E-state index in [1.165, 1.54) is 16.0 Å². The Hall–Kier alpha value is -1.32. The zero-order chi connectivity index (χ0) is 14.9. The van der Waals surface area contributed by atoms with Crippen LogP contribution < -0.4 is 10.1 Å². The number of ether oxygens (including phenoxy) is 1. The smallest absolute Gasteiger partial charge is 0.123 e. The van der Waals surface area contributed by atoms with Crippen molar-refractivity contribution in [3.8, 4) is 5.75 Å². The highest BCUT2D eigenvalue weighted by Crippen LogP contribution is 2.40. The first kappa shape index (κ1) is 14.6. The van der Waals surface area contributed by atoms with Gasteiger partial charge < -0.3 is 10.1 Å². The minimum atomic E-state index is 0.107. The van der Waals surface area contributed by atoms with Crippen LogP contribution in [-0.2, 0) is 5.41 Å². The summed E-state index contributed by atoms with van der Waals surface area (Å²) < 4.78 is 5.80. The molecule has 1 unspecified atom stereocenters. The first-order valence-electron chi connectivity index (χ1n) is 7.66. The van der Waals surface area contributed by atoms with Crippen LogP contribution in [0.4, 0.5) is 0 Å². The van der Waals surface area contributed by atoms with E-state index in [1.807, 2.05) is 11.3 Å². The van der Waals surface area contributed by atoms with Gasteiger partial charge >= 0.3 is 0 Å². The lowest BCUT2D eigenvalue weighted by Gasteiger charge is -2.21. The fourth-order valence-electron chi connectivity index (χ4n) is 2.84. The molecule has 0 bridgehead atoms. The Morgan fingerprint density at radius 2 is 2.19 bits per heavy atom. The fraction of sp³-hybridized carbons (Fsp3) is 0.444. The van der Waals surface area contributed by atoms with Gasteiger partial charge in [0, 0.05) is 15.9 Å². The monoisotopic (exact) mass is 301 g/mol. The maximum atomic E-state index is 5.80. The summed E-state index contributed by atoms with van der Waals surface area (Å²) >= 11 is 1.82. The molecule has 1 atom stereocenters. The summed E-state index contributed by atoms with van der Waals surface area (Å²) in [6.45, 7) is 8.51. The van der Waals surface area contributed by atoms with Crippen LogP contribution in [0.2, 0.25) is 0 Å². The zero-order valence-corrected chi connectivity index (χ0v) is 13.8. The predicted molar refractivity (Wildman–Crippen MR) is 89.4 cm³/mol. The molecule has 0 fully saturated rings. The largest absolute Gasteiger partial charge is 0.492 e.